The number of furan rings is 1. The summed E-state index contributed by atoms with van der Waals surface area (Å²) in [5.41, 5.74) is 8.97. The first-order valence-electron chi connectivity index (χ1n) is 16.6. The third-order valence-electron chi connectivity index (χ3n) is 9.34. The lowest BCUT2D eigenvalue weighted by atomic mass is 9.94. The van der Waals surface area contributed by atoms with Gasteiger partial charge in [-0.15, -0.1) is 11.3 Å². The average molecular weight is 658 g/mol. The maximum Gasteiger partial charge on any atom is 0.167 e. The number of nitrogens with zero attached hydrogens (tertiary/aromatic N) is 3. The van der Waals surface area contributed by atoms with E-state index in [0.29, 0.717) is 17.5 Å². The Hall–Kier alpha value is -6.43. The van der Waals surface area contributed by atoms with Crippen molar-refractivity contribution in [3.8, 4) is 56.4 Å². The van der Waals surface area contributed by atoms with E-state index in [1.54, 1.807) is 0 Å². The Balaban J connectivity index is 1.17. The Morgan fingerprint density at radius 1 is 0.380 bits per heavy atom. The number of rotatable bonds is 5. The molecule has 0 atom stereocenters. The van der Waals surface area contributed by atoms with Crippen LogP contribution in [0.3, 0.4) is 0 Å². The van der Waals surface area contributed by atoms with Gasteiger partial charge in [0.25, 0.3) is 0 Å². The Kier molecular flexibility index (Phi) is 6.64. The monoisotopic (exact) mass is 657 g/mol. The summed E-state index contributed by atoms with van der Waals surface area (Å²) in [6.07, 6.45) is 0. The van der Waals surface area contributed by atoms with Gasteiger partial charge in [-0.05, 0) is 58.7 Å². The lowest BCUT2D eigenvalue weighted by molar-refractivity contribution is 0.669. The number of benzene rings is 7. The number of hydrogen-bond donors (Lipinski definition) is 0. The zero-order valence-electron chi connectivity index (χ0n) is 26.7. The summed E-state index contributed by atoms with van der Waals surface area (Å²) in [4.78, 5) is 14.9. The van der Waals surface area contributed by atoms with Gasteiger partial charge >= 0.3 is 0 Å². The van der Waals surface area contributed by atoms with Crippen molar-refractivity contribution in [3.63, 3.8) is 0 Å². The van der Waals surface area contributed by atoms with E-state index in [4.69, 9.17) is 19.4 Å². The van der Waals surface area contributed by atoms with Gasteiger partial charge in [0.2, 0.25) is 0 Å². The van der Waals surface area contributed by atoms with Crippen LogP contribution in [0.4, 0.5) is 0 Å². The summed E-state index contributed by atoms with van der Waals surface area (Å²) >= 11 is 1.84. The Morgan fingerprint density at radius 3 is 1.72 bits per heavy atom. The molecule has 0 saturated heterocycles. The van der Waals surface area contributed by atoms with Crippen LogP contribution in [-0.2, 0) is 0 Å². The smallest absolute Gasteiger partial charge is 0.167 e. The van der Waals surface area contributed by atoms with Crippen molar-refractivity contribution in [3.05, 3.63) is 164 Å². The molecule has 0 bridgehead atoms. The molecule has 0 spiro atoms. The van der Waals surface area contributed by atoms with E-state index < -0.39 is 0 Å². The van der Waals surface area contributed by atoms with Crippen molar-refractivity contribution in [2.45, 2.75) is 0 Å². The molecule has 50 heavy (non-hydrogen) atoms. The fraction of sp³-hybridized carbons (Fsp3) is 0. The minimum atomic E-state index is 0.574. The standard InChI is InChI=1S/C45H27N3OS/c1-4-13-28(14-5-1)32-25-37(41-35-19-10-11-22-39(35)50-40(41)27-32)31-23-24-33-34-20-12-21-36(42(34)49-38(33)26-31)45-47-43(29-15-6-2-7-16-29)46-44(48-45)30-17-8-3-9-18-30/h1-27H. The highest BCUT2D eigenvalue weighted by molar-refractivity contribution is 7.26. The third-order valence-corrected chi connectivity index (χ3v) is 10.5. The topological polar surface area (TPSA) is 51.8 Å². The van der Waals surface area contributed by atoms with E-state index in [2.05, 4.69) is 97.1 Å². The molecule has 5 heteroatoms. The quantitative estimate of drug-likeness (QED) is 0.185. The summed E-state index contributed by atoms with van der Waals surface area (Å²) in [6, 6.07) is 56.9. The molecule has 0 radical (unpaired) electrons. The molecule has 0 aliphatic carbocycles. The van der Waals surface area contributed by atoms with Crippen LogP contribution in [0, 0.1) is 0 Å². The van der Waals surface area contributed by atoms with Crippen molar-refractivity contribution < 1.29 is 4.42 Å². The van der Waals surface area contributed by atoms with E-state index in [9.17, 15) is 0 Å². The molecular weight excluding hydrogens is 631 g/mol. The zero-order chi connectivity index (χ0) is 33.0. The summed E-state index contributed by atoms with van der Waals surface area (Å²) in [5, 5.41) is 4.62. The van der Waals surface area contributed by atoms with Crippen LogP contribution in [0.25, 0.3) is 98.5 Å². The number of hydrogen-bond acceptors (Lipinski definition) is 5. The van der Waals surface area contributed by atoms with Gasteiger partial charge in [0.15, 0.2) is 17.5 Å². The van der Waals surface area contributed by atoms with Gasteiger partial charge in [0.05, 0.1) is 5.56 Å². The van der Waals surface area contributed by atoms with Crippen LogP contribution < -0.4 is 0 Å². The van der Waals surface area contributed by atoms with E-state index in [-0.39, 0.29) is 0 Å². The molecule has 4 nitrogen and oxygen atoms in total. The van der Waals surface area contributed by atoms with Crippen LogP contribution >= 0.6 is 11.3 Å². The van der Waals surface area contributed by atoms with Crippen LogP contribution in [0.1, 0.15) is 0 Å². The lowest BCUT2D eigenvalue weighted by Crippen LogP contribution is -2.00. The first-order valence-corrected chi connectivity index (χ1v) is 17.4. The highest BCUT2D eigenvalue weighted by atomic mass is 32.1. The highest BCUT2D eigenvalue weighted by Gasteiger charge is 2.19. The van der Waals surface area contributed by atoms with Crippen LogP contribution in [0.2, 0.25) is 0 Å². The fourth-order valence-corrected chi connectivity index (χ4v) is 8.12. The predicted octanol–water partition coefficient (Wildman–Crippen LogP) is 12.5. The van der Waals surface area contributed by atoms with Gasteiger partial charge < -0.3 is 4.42 Å². The summed E-state index contributed by atoms with van der Waals surface area (Å²) in [6.45, 7) is 0. The fourth-order valence-electron chi connectivity index (χ4n) is 6.95. The molecule has 0 amide bonds. The summed E-state index contributed by atoms with van der Waals surface area (Å²) in [5.74, 6) is 1.81. The molecule has 234 valence electrons. The van der Waals surface area contributed by atoms with E-state index in [0.717, 1.165) is 44.2 Å². The van der Waals surface area contributed by atoms with Crippen LogP contribution in [-0.4, -0.2) is 15.0 Å². The van der Waals surface area contributed by atoms with E-state index >= 15 is 0 Å². The number of fused-ring (bicyclic) bond motifs is 6. The number of para-hydroxylation sites is 1. The highest BCUT2D eigenvalue weighted by Crippen LogP contribution is 2.44. The second-order valence-corrected chi connectivity index (χ2v) is 13.5. The van der Waals surface area contributed by atoms with Gasteiger partial charge in [0.1, 0.15) is 11.2 Å². The SMILES string of the molecule is c1ccc(-c2cc(-c3ccc4c(c3)oc3c(-c5nc(-c6ccccc6)nc(-c6ccccc6)n5)cccc34)c3c(c2)sc2ccccc23)cc1. The molecule has 10 rings (SSSR count). The Labute approximate surface area is 292 Å². The van der Waals surface area contributed by atoms with E-state index in [1.165, 1.54) is 36.9 Å². The summed E-state index contributed by atoms with van der Waals surface area (Å²) in [7, 11) is 0. The lowest BCUT2D eigenvalue weighted by Gasteiger charge is -2.10. The van der Waals surface area contributed by atoms with Gasteiger partial charge in [-0.3, -0.25) is 0 Å². The third kappa shape index (κ3) is 4.79. The van der Waals surface area contributed by atoms with Crippen molar-refractivity contribution in [1.82, 2.24) is 15.0 Å². The second kappa shape index (κ2) is 11.6. The van der Waals surface area contributed by atoms with Crippen molar-refractivity contribution in [2.24, 2.45) is 0 Å². The van der Waals surface area contributed by atoms with Crippen molar-refractivity contribution in [1.29, 1.82) is 0 Å². The molecular formula is C45H27N3OS. The molecule has 0 unspecified atom stereocenters. The Morgan fingerprint density at radius 2 is 1.00 bits per heavy atom. The van der Waals surface area contributed by atoms with Gasteiger partial charge in [-0.1, -0.05) is 127 Å². The molecule has 0 saturated carbocycles. The molecule has 10 aromatic rings. The maximum atomic E-state index is 6.79. The molecule has 7 aromatic carbocycles. The molecule has 0 aliphatic heterocycles. The minimum absolute atomic E-state index is 0.574. The summed E-state index contributed by atoms with van der Waals surface area (Å²) < 4.78 is 9.34. The normalized spacial score (nSPS) is 11.6. The first-order chi connectivity index (χ1) is 24.8. The number of thiophene rings is 1. The maximum absolute atomic E-state index is 6.79. The number of aromatic nitrogens is 3. The van der Waals surface area contributed by atoms with E-state index in [1.807, 2.05) is 78.1 Å². The van der Waals surface area contributed by atoms with Crippen LogP contribution in [0.5, 0.6) is 0 Å². The zero-order valence-corrected chi connectivity index (χ0v) is 27.6. The molecule has 0 fully saturated rings. The minimum Gasteiger partial charge on any atom is -0.455 e. The van der Waals surface area contributed by atoms with Gasteiger partial charge in [-0.2, -0.15) is 0 Å². The van der Waals surface area contributed by atoms with Gasteiger partial charge in [0, 0.05) is 42.1 Å². The molecule has 0 aliphatic rings. The van der Waals surface area contributed by atoms with Crippen LogP contribution in [0.15, 0.2) is 168 Å². The molecule has 3 heterocycles. The van der Waals surface area contributed by atoms with Gasteiger partial charge in [-0.25, -0.2) is 15.0 Å². The van der Waals surface area contributed by atoms with Crippen molar-refractivity contribution in [2.75, 3.05) is 0 Å². The largest absolute Gasteiger partial charge is 0.455 e. The first kappa shape index (κ1) is 28.6. The Bertz CT molecular complexity index is 2800. The second-order valence-electron chi connectivity index (χ2n) is 12.4. The molecule has 0 N–H and O–H groups in total. The molecule has 3 aromatic heterocycles. The average Bonchev–Trinajstić information content (AvgIpc) is 3.76. The van der Waals surface area contributed by atoms with Crippen molar-refractivity contribution >= 4 is 53.4 Å². The predicted molar refractivity (Wildman–Crippen MR) is 207 cm³/mol.